The van der Waals surface area contributed by atoms with Crippen LogP contribution < -0.4 is 10.1 Å². The number of carboxylic acid groups (broad SMARTS) is 1. The first kappa shape index (κ1) is 19.5. The van der Waals surface area contributed by atoms with Crippen LogP contribution >= 0.6 is 11.3 Å². The average molecular weight is 400 g/mol. The van der Waals surface area contributed by atoms with Crippen molar-refractivity contribution in [1.82, 2.24) is 10.3 Å². The van der Waals surface area contributed by atoms with Crippen LogP contribution in [0.1, 0.15) is 28.5 Å². The van der Waals surface area contributed by atoms with Crippen molar-refractivity contribution in [2.24, 2.45) is 0 Å². The van der Waals surface area contributed by atoms with Gasteiger partial charge in [0.2, 0.25) is 0 Å². The summed E-state index contributed by atoms with van der Waals surface area (Å²) in [5, 5.41) is 13.8. The largest absolute Gasteiger partial charge is 0.497 e. The zero-order valence-corrected chi connectivity index (χ0v) is 15.7. The average Bonchev–Trinajstić information content (AvgIpc) is 3.17. The molecule has 0 radical (unpaired) electrons. The van der Waals surface area contributed by atoms with Gasteiger partial charge in [0, 0.05) is 10.9 Å². The van der Waals surface area contributed by atoms with Gasteiger partial charge in [-0.1, -0.05) is 24.3 Å². The molecule has 1 amide bonds. The molecule has 0 fully saturated rings. The predicted octanol–water partition coefficient (Wildman–Crippen LogP) is 3.90. The Labute approximate surface area is 164 Å². The third-order valence-corrected chi connectivity index (χ3v) is 4.90. The number of carbonyl (C=O) groups is 2. The van der Waals surface area contributed by atoms with Crippen LogP contribution in [0.4, 0.5) is 4.39 Å². The van der Waals surface area contributed by atoms with Crippen LogP contribution in [-0.2, 0) is 4.79 Å². The number of methoxy groups -OCH3 is 1. The van der Waals surface area contributed by atoms with Crippen molar-refractivity contribution < 1.29 is 23.8 Å². The van der Waals surface area contributed by atoms with Gasteiger partial charge in [-0.15, -0.1) is 11.3 Å². The van der Waals surface area contributed by atoms with E-state index in [1.54, 1.807) is 42.5 Å². The van der Waals surface area contributed by atoms with Gasteiger partial charge < -0.3 is 15.2 Å². The number of rotatable bonds is 7. The van der Waals surface area contributed by atoms with Crippen LogP contribution in [0.3, 0.4) is 0 Å². The first-order valence-corrected chi connectivity index (χ1v) is 9.23. The second-order valence-electron chi connectivity index (χ2n) is 5.92. The minimum atomic E-state index is -1.06. The summed E-state index contributed by atoms with van der Waals surface area (Å²) >= 11 is 1.14. The summed E-state index contributed by atoms with van der Waals surface area (Å²) in [6.07, 6.45) is -0.302. The summed E-state index contributed by atoms with van der Waals surface area (Å²) in [7, 11) is 1.50. The number of nitrogens with one attached hydrogen (secondary N) is 1. The quantitative estimate of drug-likeness (QED) is 0.628. The predicted molar refractivity (Wildman–Crippen MR) is 103 cm³/mol. The molecule has 1 aromatic heterocycles. The van der Waals surface area contributed by atoms with Gasteiger partial charge in [-0.25, -0.2) is 9.37 Å². The molecule has 1 heterocycles. The summed E-state index contributed by atoms with van der Waals surface area (Å²) < 4.78 is 19.1. The van der Waals surface area contributed by atoms with E-state index >= 15 is 0 Å². The lowest BCUT2D eigenvalue weighted by atomic mass is 10.0. The molecule has 0 unspecified atom stereocenters. The van der Waals surface area contributed by atoms with Gasteiger partial charge >= 0.3 is 5.97 Å². The number of benzene rings is 2. The minimum Gasteiger partial charge on any atom is -0.497 e. The fourth-order valence-electron chi connectivity index (χ4n) is 2.65. The van der Waals surface area contributed by atoms with Crippen LogP contribution in [0.2, 0.25) is 0 Å². The van der Waals surface area contributed by atoms with Gasteiger partial charge in [-0.3, -0.25) is 9.59 Å². The number of carbonyl (C=O) groups excluding carboxylic acids is 1. The molecule has 0 saturated heterocycles. The highest BCUT2D eigenvalue weighted by Crippen LogP contribution is 2.27. The van der Waals surface area contributed by atoms with E-state index in [0.717, 1.165) is 11.3 Å². The van der Waals surface area contributed by atoms with Gasteiger partial charge in [0.05, 0.1) is 19.6 Å². The number of nitrogens with zero attached hydrogens (tertiary/aromatic N) is 1. The molecule has 0 bridgehead atoms. The van der Waals surface area contributed by atoms with Gasteiger partial charge in [0.25, 0.3) is 5.91 Å². The highest BCUT2D eigenvalue weighted by atomic mass is 32.1. The van der Waals surface area contributed by atoms with Gasteiger partial charge in [-0.05, 0) is 29.8 Å². The number of aliphatic carboxylic acids is 1. The van der Waals surface area contributed by atoms with Crippen LogP contribution in [0.15, 0.2) is 53.9 Å². The number of halogens is 1. The van der Waals surface area contributed by atoms with Crippen LogP contribution in [0, 0.1) is 5.82 Å². The molecule has 0 aliphatic carbocycles. The molecule has 3 aromatic rings. The Morgan fingerprint density at radius 1 is 1.25 bits per heavy atom. The molecule has 1 atom stereocenters. The maximum atomic E-state index is 13.9. The van der Waals surface area contributed by atoms with E-state index in [9.17, 15) is 19.1 Å². The summed E-state index contributed by atoms with van der Waals surface area (Å²) in [5.74, 6) is -1.46. The van der Waals surface area contributed by atoms with Crippen molar-refractivity contribution >= 4 is 23.2 Å². The minimum absolute atomic E-state index is 0.0986. The zero-order valence-electron chi connectivity index (χ0n) is 14.9. The highest BCUT2D eigenvalue weighted by molar-refractivity contribution is 7.13. The molecule has 0 spiro atoms. The Hall–Kier alpha value is -3.26. The molecular weight excluding hydrogens is 383 g/mol. The third kappa shape index (κ3) is 4.52. The second kappa shape index (κ2) is 8.62. The number of hydrogen-bond donors (Lipinski definition) is 2. The number of aromatic nitrogens is 1. The molecule has 28 heavy (non-hydrogen) atoms. The van der Waals surface area contributed by atoms with Crippen LogP contribution in [0.5, 0.6) is 5.75 Å². The number of thiazole rings is 1. The van der Waals surface area contributed by atoms with E-state index in [4.69, 9.17) is 4.74 Å². The van der Waals surface area contributed by atoms with Crippen LogP contribution in [-0.4, -0.2) is 29.1 Å². The number of carboxylic acids is 1. The Morgan fingerprint density at radius 3 is 2.75 bits per heavy atom. The lowest BCUT2D eigenvalue weighted by Gasteiger charge is -2.17. The Balaban J connectivity index is 1.82. The van der Waals surface area contributed by atoms with Crippen molar-refractivity contribution in [3.05, 3.63) is 71.0 Å². The lowest BCUT2D eigenvalue weighted by molar-refractivity contribution is -0.137. The maximum Gasteiger partial charge on any atom is 0.305 e. The van der Waals surface area contributed by atoms with Crippen molar-refractivity contribution in [3.8, 4) is 16.3 Å². The van der Waals surface area contributed by atoms with Crippen molar-refractivity contribution in [3.63, 3.8) is 0 Å². The molecule has 2 N–H and O–H groups in total. The molecule has 2 aromatic carbocycles. The summed E-state index contributed by atoms with van der Waals surface area (Å²) in [6.45, 7) is 0. The molecular formula is C20H17FN2O4S. The van der Waals surface area contributed by atoms with Crippen molar-refractivity contribution in [2.75, 3.05) is 7.11 Å². The van der Waals surface area contributed by atoms with E-state index in [2.05, 4.69) is 10.3 Å². The van der Waals surface area contributed by atoms with Gasteiger partial charge in [0.1, 0.15) is 22.3 Å². The van der Waals surface area contributed by atoms with E-state index in [1.807, 2.05) is 0 Å². The third-order valence-electron chi connectivity index (χ3n) is 4.02. The number of amides is 1. The standard InChI is InChI=1S/C20H17FN2O4S/c1-27-13-6-4-5-12(9-13)16(10-18(24)25)22-19(26)17-11-28-20(23-17)14-7-2-3-8-15(14)21/h2-9,11,16H,10H2,1H3,(H,22,26)(H,24,25)/t16-/m0/s1. The highest BCUT2D eigenvalue weighted by Gasteiger charge is 2.21. The Bertz CT molecular complexity index is 1010. The number of hydrogen-bond acceptors (Lipinski definition) is 5. The molecule has 0 aliphatic heterocycles. The fourth-order valence-corrected chi connectivity index (χ4v) is 3.48. The molecule has 8 heteroatoms. The second-order valence-corrected chi connectivity index (χ2v) is 6.78. The molecule has 6 nitrogen and oxygen atoms in total. The van der Waals surface area contributed by atoms with Crippen molar-refractivity contribution in [1.29, 1.82) is 0 Å². The first-order chi connectivity index (χ1) is 13.5. The Morgan fingerprint density at radius 2 is 2.04 bits per heavy atom. The topological polar surface area (TPSA) is 88.5 Å². The zero-order chi connectivity index (χ0) is 20.1. The van der Waals surface area contributed by atoms with E-state index in [1.165, 1.54) is 18.6 Å². The van der Waals surface area contributed by atoms with E-state index in [0.29, 0.717) is 21.9 Å². The van der Waals surface area contributed by atoms with Crippen LogP contribution in [0.25, 0.3) is 10.6 Å². The SMILES string of the molecule is COc1cccc([C@H](CC(=O)O)NC(=O)c2csc(-c3ccccc3F)n2)c1. The first-order valence-electron chi connectivity index (χ1n) is 8.35. The Kier molecular flexibility index (Phi) is 6.00. The lowest BCUT2D eigenvalue weighted by Crippen LogP contribution is -2.30. The number of ether oxygens (including phenoxy) is 1. The van der Waals surface area contributed by atoms with E-state index < -0.39 is 23.7 Å². The summed E-state index contributed by atoms with van der Waals surface area (Å²) in [5.41, 5.74) is 1.00. The molecule has 144 valence electrons. The molecule has 0 saturated carbocycles. The van der Waals surface area contributed by atoms with E-state index in [-0.39, 0.29) is 12.1 Å². The smallest absolute Gasteiger partial charge is 0.305 e. The maximum absolute atomic E-state index is 13.9. The monoisotopic (exact) mass is 400 g/mol. The van der Waals surface area contributed by atoms with Crippen molar-refractivity contribution in [2.45, 2.75) is 12.5 Å². The molecule has 0 aliphatic rings. The summed E-state index contributed by atoms with van der Waals surface area (Å²) in [6, 6.07) is 12.2. The normalized spacial score (nSPS) is 11.6. The molecule has 3 rings (SSSR count). The van der Waals surface area contributed by atoms with Gasteiger partial charge in [0.15, 0.2) is 0 Å². The summed E-state index contributed by atoms with van der Waals surface area (Å²) in [4.78, 5) is 28.0. The van der Waals surface area contributed by atoms with Gasteiger partial charge in [-0.2, -0.15) is 0 Å². The fraction of sp³-hybridized carbons (Fsp3) is 0.150.